The van der Waals surface area contributed by atoms with Gasteiger partial charge in [-0.15, -0.1) is 0 Å². The largest absolute Gasteiger partial charge is 0.416 e. The number of hydrogen-bond acceptors (Lipinski definition) is 2. The third-order valence-corrected chi connectivity index (χ3v) is 4.45. The molecule has 0 spiro atoms. The quantitative estimate of drug-likeness (QED) is 0.866. The summed E-state index contributed by atoms with van der Waals surface area (Å²) >= 11 is 0. The number of nitrogens with one attached hydrogen (secondary N) is 1. The van der Waals surface area contributed by atoms with Crippen molar-refractivity contribution in [1.82, 2.24) is 10.2 Å². The van der Waals surface area contributed by atoms with E-state index < -0.39 is 11.7 Å². The summed E-state index contributed by atoms with van der Waals surface area (Å²) in [5.74, 6) is 0.769. The number of alkyl halides is 3. The fourth-order valence-electron chi connectivity index (χ4n) is 3.24. The monoisotopic (exact) mass is 310 g/mol. The summed E-state index contributed by atoms with van der Waals surface area (Å²) < 4.78 is 37.5. The number of benzene rings is 1. The maximum absolute atomic E-state index is 12.5. The highest BCUT2D eigenvalue weighted by Gasteiger charge is 2.56. The molecular formula is C16H17F3N2O. The molecular weight excluding hydrogens is 293 g/mol. The van der Waals surface area contributed by atoms with E-state index in [1.807, 2.05) is 0 Å². The van der Waals surface area contributed by atoms with Crippen LogP contribution in [-0.2, 0) is 17.5 Å². The molecule has 0 unspecified atom stereocenters. The second-order valence-corrected chi connectivity index (χ2v) is 5.95. The molecule has 1 aliphatic carbocycles. The number of carbonyl (C=O) groups is 1. The molecule has 1 saturated heterocycles. The number of carbonyl (C=O) groups excluding carboxylic acids is 1. The smallest absolute Gasteiger partial charge is 0.349 e. The van der Waals surface area contributed by atoms with E-state index in [0.29, 0.717) is 18.4 Å². The van der Waals surface area contributed by atoms with Gasteiger partial charge < -0.3 is 5.32 Å². The van der Waals surface area contributed by atoms with Crippen molar-refractivity contribution in [1.29, 1.82) is 0 Å². The van der Waals surface area contributed by atoms with E-state index in [1.54, 1.807) is 0 Å². The Kier molecular flexibility index (Phi) is 3.72. The van der Waals surface area contributed by atoms with Gasteiger partial charge in [0.1, 0.15) is 0 Å². The van der Waals surface area contributed by atoms with E-state index in [4.69, 9.17) is 0 Å². The van der Waals surface area contributed by atoms with Crippen molar-refractivity contribution < 1.29 is 18.0 Å². The van der Waals surface area contributed by atoms with Gasteiger partial charge in [0, 0.05) is 25.7 Å². The van der Waals surface area contributed by atoms with Gasteiger partial charge in [-0.1, -0.05) is 18.7 Å². The summed E-state index contributed by atoms with van der Waals surface area (Å²) in [5, 5.41) is 2.91. The normalized spacial score (nSPS) is 27.3. The summed E-state index contributed by atoms with van der Waals surface area (Å²) in [7, 11) is 0. The molecule has 0 radical (unpaired) electrons. The van der Waals surface area contributed by atoms with Crippen molar-refractivity contribution in [3.63, 3.8) is 0 Å². The maximum atomic E-state index is 12.5. The first-order chi connectivity index (χ1) is 10.4. The first kappa shape index (κ1) is 15.1. The van der Waals surface area contributed by atoms with Crippen LogP contribution < -0.4 is 5.32 Å². The third-order valence-electron chi connectivity index (χ3n) is 4.45. The van der Waals surface area contributed by atoms with E-state index in [1.165, 1.54) is 18.2 Å². The van der Waals surface area contributed by atoms with Crippen LogP contribution in [0.5, 0.6) is 0 Å². The van der Waals surface area contributed by atoms with Gasteiger partial charge in [0.2, 0.25) is 5.91 Å². The molecule has 0 aromatic heterocycles. The Morgan fingerprint density at radius 2 is 1.86 bits per heavy atom. The zero-order chi connectivity index (χ0) is 15.9. The van der Waals surface area contributed by atoms with Crippen LogP contribution in [0, 0.1) is 11.8 Å². The fraction of sp³-hybridized carbons (Fsp3) is 0.438. The highest BCUT2D eigenvalue weighted by Crippen LogP contribution is 2.45. The Balaban J connectivity index is 1.51. The summed E-state index contributed by atoms with van der Waals surface area (Å²) in [6.07, 6.45) is -3.02. The standard InChI is InChI=1S/C16H17F3N2O/c1-2-14(22)20-15-12-8-21(9-13(12)15)7-10-3-5-11(6-4-10)16(17,18)19/h2-6,12-13,15H,1,7-9H2,(H,20,22)/t12-,13-/m1/s1. The number of piperidine rings is 1. The molecule has 2 fully saturated rings. The van der Waals surface area contributed by atoms with Crippen molar-refractivity contribution in [2.24, 2.45) is 11.8 Å². The molecule has 1 N–H and O–H groups in total. The number of fused-ring (bicyclic) bond motifs is 1. The minimum absolute atomic E-state index is 0.145. The van der Waals surface area contributed by atoms with Gasteiger partial charge in [0.05, 0.1) is 5.56 Å². The fourth-order valence-corrected chi connectivity index (χ4v) is 3.24. The van der Waals surface area contributed by atoms with Gasteiger partial charge in [-0.3, -0.25) is 9.69 Å². The highest BCUT2D eigenvalue weighted by molar-refractivity contribution is 5.87. The highest BCUT2D eigenvalue weighted by atomic mass is 19.4. The molecule has 1 amide bonds. The second kappa shape index (κ2) is 5.43. The summed E-state index contributed by atoms with van der Waals surface area (Å²) in [4.78, 5) is 13.5. The molecule has 2 aliphatic rings. The van der Waals surface area contributed by atoms with Gasteiger partial charge in [0.15, 0.2) is 0 Å². The van der Waals surface area contributed by atoms with Gasteiger partial charge in [-0.25, -0.2) is 0 Å². The van der Waals surface area contributed by atoms with Crippen molar-refractivity contribution in [2.45, 2.75) is 18.8 Å². The average molecular weight is 310 g/mol. The number of amides is 1. The van der Waals surface area contributed by atoms with Crippen LogP contribution in [0.2, 0.25) is 0 Å². The van der Waals surface area contributed by atoms with Crippen LogP contribution in [0.15, 0.2) is 36.9 Å². The van der Waals surface area contributed by atoms with Crippen LogP contribution >= 0.6 is 0 Å². The van der Waals surface area contributed by atoms with Crippen molar-refractivity contribution in [2.75, 3.05) is 13.1 Å². The Bertz CT molecular complexity index is 570. The second-order valence-electron chi connectivity index (χ2n) is 5.95. The van der Waals surface area contributed by atoms with Crippen LogP contribution in [0.25, 0.3) is 0 Å². The number of halogens is 3. The molecule has 3 rings (SSSR count). The van der Waals surface area contributed by atoms with E-state index in [9.17, 15) is 18.0 Å². The summed E-state index contributed by atoms with van der Waals surface area (Å²) in [6, 6.07) is 5.54. The zero-order valence-corrected chi connectivity index (χ0v) is 11.9. The number of nitrogens with zero attached hydrogens (tertiary/aromatic N) is 1. The van der Waals surface area contributed by atoms with Crippen LogP contribution in [-0.4, -0.2) is 29.9 Å². The molecule has 1 aliphatic heterocycles. The first-order valence-electron chi connectivity index (χ1n) is 7.20. The lowest BCUT2D eigenvalue weighted by Gasteiger charge is -2.20. The van der Waals surface area contributed by atoms with Crippen LogP contribution in [0.4, 0.5) is 13.2 Å². The lowest BCUT2D eigenvalue weighted by atomic mass is 10.1. The topological polar surface area (TPSA) is 32.3 Å². The number of rotatable bonds is 4. The molecule has 0 bridgehead atoms. The van der Waals surface area contributed by atoms with Crippen LogP contribution in [0.3, 0.4) is 0 Å². The lowest BCUT2D eigenvalue weighted by molar-refractivity contribution is -0.137. The van der Waals surface area contributed by atoms with Gasteiger partial charge in [-0.2, -0.15) is 13.2 Å². The van der Waals surface area contributed by atoms with Gasteiger partial charge in [0.25, 0.3) is 0 Å². The van der Waals surface area contributed by atoms with Crippen molar-refractivity contribution >= 4 is 5.91 Å². The lowest BCUT2D eigenvalue weighted by Crippen LogP contribution is -2.33. The molecule has 1 heterocycles. The zero-order valence-electron chi connectivity index (χ0n) is 11.9. The van der Waals surface area contributed by atoms with Crippen molar-refractivity contribution in [3.8, 4) is 0 Å². The first-order valence-corrected chi connectivity index (χ1v) is 7.20. The summed E-state index contributed by atoms with van der Waals surface area (Å²) in [6.45, 7) is 5.81. The average Bonchev–Trinajstić information content (AvgIpc) is 2.92. The van der Waals surface area contributed by atoms with Gasteiger partial charge in [-0.05, 0) is 35.6 Å². The number of likely N-dealkylation sites (tertiary alicyclic amines) is 1. The molecule has 1 aromatic rings. The minimum atomic E-state index is -4.29. The Hall–Kier alpha value is -1.82. The van der Waals surface area contributed by atoms with E-state index in [0.717, 1.165) is 30.8 Å². The molecule has 1 aromatic carbocycles. The van der Waals surface area contributed by atoms with Crippen molar-refractivity contribution in [3.05, 3.63) is 48.0 Å². The molecule has 1 saturated carbocycles. The molecule has 3 nitrogen and oxygen atoms in total. The van der Waals surface area contributed by atoms with E-state index in [-0.39, 0.29) is 11.9 Å². The Labute approximate surface area is 126 Å². The predicted molar refractivity (Wildman–Crippen MR) is 75.8 cm³/mol. The van der Waals surface area contributed by atoms with E-state index in [2.05, 4.69) is 16.8 Å². The number of hydrogen-bond donors (Lipinski definition) is 1. The summed E-state index contributed by atoms with van der Waals surface area (Å²) in [5.41, 5.74) is 0.258. The van der Waals surface area contributed by atoms with Gasteiger partial charge >= 0.3 is 6.18 Å². The maximum Gasteiger partial charge on any atom is 0.416 e. The third kappa shape index (κ3) is 3.02. The van der Waals surface area contributed by atoms with E-state index >= 15 is 0 Å². The van der Waals surface area contributed by atoms with Crippen LogP contribution in [0.1, 0.15) is 11.1 Å². The SMILES string of the molecule is C=CC(=O)NC1[C@@H]2CN(Cc3ccc(C(F)(F)F)cc3)C[C@@H]12. The predicted octanol–water partition coefficient (Wildman–Crippen LogP) is 2.44. The minimum Gasteiger partial charge on any atom is -0.349 e. The Morgan fingerprint density at radius 3 is 2.36 bits per heavy atom. The molecule has 118 valence electrons. The molecule has 6 heteroatoms. The molecule has 2 atom stereocenters. The molecule has 22 heavy (non-hydrogen) atoms. The Morgan fingerprint density at radius 1 is 1.27 bits per heavy atom.